The molecule has 1 N–H and O–H groups in total. The highest BCUT2D eigenvalue weighted by molar-refractivity contribution is 6.35. The van der Waals surface area contributed by atoms with Crippen molar-refractivity contribution in [2.45, 2.75) is 0 Å². The van der Waals surface area contributed by atoms with E-state index in [0.29, 0.717) is 19.7 Å². The number of hydrogen-bond donors (Lipinski definition) is 1. The van der Waals surface area contributed by atoms with Crippen molar-refractivity contribution in [2.24, 2.45) is 4.99 Å². The molecule has 0 atom stereocenters. The molecule has 0 aromatic carbocycles. The summed E-state index contributed by atoms with van der Waals surface area (Å²) in [6, 6.07) is 0. The van der Waals surface area contributed by atoms with Gasteiger partial charge < -0.3 is 10.1 Å². The van der Waals surface area contributed by atoms with Crippen molar-refractivity contribution < 1.29 is 9.53 Å². The topological polar surface area (TPSA) is 50.7 Å². The van der Waals surface area contributed by atoms with Gasteiger partial charge in [-0.1, -0.05) is 6.08 Å². The summed E-state index contributed by atoms with van der Waals surface area (Å²) in [4.78, 5) is 14.8. The first-order valence-electron chi connectivity index (χ1n) is 3.41. The van der Waals surface area contributed by atoms with Crippen LogP contribution in [-0.2, 0) is 9.53 Å². The van der Waals surface area contributed by atoms with Crippen molar-refractivity contribution in [2.75, 3.05) is 19.7 Å². The second kappa shape index (κ2) is 3.75. The smallest absolute Gasteiger partial charge is 0.306 e. The fraction of sp³-hybridized carbons (Fsp3) is 0.429. The highest BCUT2D eigenvalue weighted by atomic mass is 16.5. The lowest BCUT2D eigenvalue weighted by atomic mass is 10.5. The third-order valence-corrected chi connectivity index (χ3v) is 1.19. The van der Waals surface area contributed by atoms with E-state index in [9.17, 15) is 4.79 Å². The maximum absolute atomic E-state index is 11.0. The van der Waals surface area contributed by atoms with Gasteiger partial charge in [-0.2, -0.15) is 0 Å². The highest BCUT2D eigenvalue weighted by Crippen LogP contribution is 1.92. The number of hydrogen-bond acceptors (Lipinski definition) is 3. The summed E-state index contributed by atoms with van der Waals surface area (Å²) in [5.41, 5.74) is 0. The van der Waals surface area contributed by atoms with Crippen molar-refractivity contribution in [3.8, 4) is 0 Å². The highest BCUT2D eigenvalue weighted by Gasteiger charge is 2.15. The number of amides is 1. The van der Waals surface area contributed by atoms with Crippen LogP contribution in [0, 0.1) is 0 Å². The summed E-state index contributed by atoms with van der Waals surface area (Å²) < 4.78 is 4.92. The zero-order chi connectivity index (χ0) is 8.10. The zero-order valence-corrected chi connectivity index (χ0v) is 6.17. The molecule has 0 fully saturated rings. The molecule has 4 nitrogen and oxygen atoms in total. The molecule has 11 heavy (non-hydrogen) atoms. The fourth-order valence-corrected chi connectivity index (χ4v) is 0.713. The van der Waals surface area contributed by atoms with Crippen LogP contribution in [-0.4, -0.2) is 31.5 Å². The molecule has 0 spiro atoms. The van der Waals surface area contributed by atoms with Crippen molar-refractivity contribution in [1.82, 2.24) is 5.32 Å². The van der Waals surface area contributed by atoms with E-state index < -0.39 is 0 Å². The van der Waals surface area contributed by atoms with E-state index in [1.807, 2.05) is 0 Å². The summed E-state index contributed by atoms with van der Waals surface area (Å²) in [7, 11) is 0. The van der Waals surface area contributed by atoms with E-state index >= 15 is 0 Å². The van der Waals surface area contributed by atoms with Gasteiger partial charge in [-0.3, -0.25) is 4.79 Å². The molecule has 1 aliphatic rings. The quantitative estimate of drug-likeness (QED) is 0.568. The van der Waals surface area contributed by atoms with Gasteiger partial charge in [0.1, 0.15) is 6.61 Å². The third kappa shape index (κ3) is 2.07. The van der Waals surface area contributed by atoms with E-state index in [4.69, 9.17) is 4.74 Å². The van der Waals surface area contributed by atoms with Gasteiger partial charge in [0.2, 0.25) is 0 Å². The fourth-order valence-electron chi connectivity index (χ4n) is 0.713. The maximum atomic E-state index is 11.0. The SMILES string of the molecule is C=CCNC(=O)C1=NCCO1. The standard InChI is InChI=1S/C7H10N2O2/c1-2-3-8-6(10)7-9-4-5-11-7/h2H,1,3-5H2,(H,8,10). The summed E-state index contributed by atoms with van der Waals surface area (Å²) in [5.74, 6) is -0.0748. The molecule has 60 valence electrons. The van der Waals surface area contributed by atoms with E-state index in [-0.39, 0.29) is 11.8 Å². The van der Waals surface area contributed by atoms with Crippen LogP contribution in [0.2, 0.25) is 0 Å². The van der Waals surface area contributed by atoms with E-state index in [1.54, 1.807) is 6.08 Å². The molecule has 1 heterocycles. The minimum Gasteiger partial charge on any atom is -0.472 e. The molecule has 0 radical (unpaired) electrons. The molecule has 1 aliphatic heterocycles. The van der Waals surface area contributed by atoms with Crippen molar-refractivity contribution in [1.29, 1.82) is 0 Å². The van der Waals surface area contributed by atoms with Gasteiger partial charge in [-0.15, -0.1) is 6.58 Å². The molecule has 0 aliphatic carbocycles. The molecule has 0 aromatic rings. The van der Waals surface area contributed by atoms with Crippen molar-refractivity contribution in [3.05, 3.63) is 12.7 Å². The Labute approximate surface area is 65.0 Å². The van der Waals surface area contributed by atoms with E-state index in [1.165, 1.54) is 0 Å². The second-order valence-electron chi connectivity index (χ2n) is 2.03. The zero-order valence-electron chi connectivity index (χ0n) is 6.17. The van der Waals surface area contributed by atoms with Gasteiger partial charge in [-0.25, -0.2) is 4.99 Å². The first-order valence-corrected chi connectivity index (χ1v) is 3.41. The molecular weight excluding hydrogens is 144 g/mol. The van der Waals surface area contributed by atoms with Gasteiger partial charge in [0.25, 0.3) is 5.90 Å². The van der Waals surface area contributed by atoms with Crippen LogP contribution < -0.4 is 5.32 Å². The second-order valence-corrected chi connectivity index (χ2v) is 2.03. The van der Waals surface area contributed by atoms with Gasteiger partial charge >= 0.3 is 5.91 Å². The average Bonchev–Trinajstić information content (AvgIpc) is 2.52. The molecule has 1 rings (SSSR count). The summed E-state index contributed by atoms with van der Waals surface area (Å²) in [5, 5.41) is 2.56. The molecule has 0 aromatic heterocycles. The number of ether oxygens (including phenoxy) is 1. The Morgan fingerprint density at radius 3 is 3.27 bits per heavy atom. The Hall–Kier alpha value is -1.32. The lowest BCUT2D eigenvalue weighted by Gasteiger charge is -2.00. The van der Waals surface area contributed by atoms with Gasteiger partial charge in [-0.05, 0) is 0 Å². The minimum atomic E-state index is -0.262. The molecule has 0 saturated heterocycles. The molecule has 0 saturated carbocycles. The number of carbonyl (C=O) groups excluding carboxylic acids is 1. The third-order valence-electron chi connectivity index (χ3n) is 1.19. The Bertz CT molecular complexity index is 199. The lowest BCUT2D eigenvalue weighted by Crippen LogP contribution is -2.31. The Morgan fingerprint density at radius 1 is 1.91 bits per heavy atom. The normalized spacial score (nSPS) is 15.1. The van der Waals surface area contributed by atoms with Crippen LogP contribution in [0.15, 0.2) is 17.6 Å². The van der Waals surface area contributed by atoms with Gasteiger partial charge in [0.15, 0.2) is 0 Å². The van der Waals surface area contributed by atoms with E-state index in [2.05, 4.69) is 16.9 Å². The maximum Gasteiger partial charge on any atom is 0.306 e. The first-order chi connectivity index (χ1) is 5.34. The minimum absolute atomic E-state index is 0.187. The van der Waals surface area contributed by atoms with Crippen LogP contribution in [0.4, 0.5) is 0 Å². The van der Waals surface area contributed by atoms with Crippen LogP contribution in [0.1, 0.15) is 0 Å². The van der Waals surface area contributed by atoms with Crippen molar-refractivity contribution >= 4 is 11.8 Å². The molecule has 0 unspecified atom stereocenters. The number of aliphatic imine (C=N–C) groups is 1. The van der Waals surface area contributed by atoms with E-state index in [0.717, 1.165) is 0 Å². The Balaban J connectivity index is 2.34. The molecule has 1 amide bonds. The average molecular weight is 154 g/mol. The first kappa shape index (κ1) is 7.78. The summed E-state index contributed by atoms with van der Waals surface area (Å²) in [6.45, 7) is 5.00. The largest absolute Gasteiger partial charge is 0.472 e. The number of rotatable bonds is 3. The summed E-state index contributed by atoms with van der Waals surface area (Å²) >= 11 is 0. The van der Waals surface area contributed by atoms with Gasteiger partial charge in [0, 0.05) is 6.54 Å². The molecular formula is C7H10N2O2. The van der Waals surface area contributed by atoms with Crippen LogP contribution in [0.3, 0.4) is 0 Å². The van der Waals surface area contributed by atoms with Crippen LogP contribution >= 0.6 is 0 Å². The lowest BCUT2D eigenvalue weighted by molar-refractivity contribution is -0.115. The van der Waals surface area contributed by atoms with Crippen molar-refractivity contribution in [3.63, 3.8) is 0 Å². The van der Waals surface area contributed by atoms with Crippen LogP contribution in [0.25, 0.3) is 0 Å². The predicted molar refractivity (Wildman–Crippen MR) is 41.5 cm³/mol. The number of nitrogens with one attached hydrogen (secondary N) is 1. The Morgan fingerprint density at radius 2 is 2.73 bits per heavy atom. The predicted octanol–water partition coefficient (Wildman–Crippen LogP) is -0.283. The molecule has 0 bridgehead atoms. The number of nitrogens with zero attached hydrogens (tertiary/aromatic N) is 1. The Kier molecular flexibility index (Phi) is 2.66. The monoisotopic (exact) mass is 154 g/mol. The van der Waals surface area contributed by atoms with Gasteiger partial charge in [0.05, 0.1) is 6.54 Å². The molecule has 4 heteroatoms. The van der Waals surface area contributed by atoms with Crippen LogP contribution in [0.5, 0.6) is 0 Å². The summed E-state index contributed by atoms with van der Waals surface area (Å²) in [6.07, 6.45) is 1.60. The number of carbonyl (C=O) groups is 1.